The van der Waals surface area contributed by atoms with Crippen LogP contribution in [0.4, 0.5) is 0 Å². The van der Waals surface area contributed by atoms with Gasteiger partial charge in [-0.2, -0.15) is 0 Å². The van der Waals surface area contributed by atoms with Crippen molar-refractivity contribution >= 4 is 5.91 Å². The van der Waals surface area contributed by atoms with E-state index < -0.39 is 0 Å². The van der Waals surface area contributed by atoms with E-state index in [1.165, 1.54) is 0 Å². The van der Waals surface area contributed by atoms with Crippen LogP contribution in [0.3, 0.4) is 0 Å². The van der Waals surface area contributed by atoms with Crippen molar-refractivity contribution in [2.24, 2.45) is 5.73 Å². The summed E-state index contributed by atoms with van der Waals surface area (Å²) in [7, 11) is 0. The summed E-state index contributed by atoms with van der Waals surface area (Å²) >= 11 is 0. The van der Waals surface area contributed by atoms with Crippen molar-refractivity contribution in [2.75, 3.05) is 19.7 Å². The monoisotopic (exact) mass is 234 g/mol. The summed E-state index contributed by atoms with van der Waals surface area (Å²) in [6.45, 7) is 5.76. The summed E-state index contributed by atoms with van der Waals surface area (Å²) in [5.74, 6) is 0.826. The van der Waals surface area contributed by atoms with Gasteiger partial charge in [0.1, 0.15) is 5.75 Å². The first kappa shape index (κ1) is 11.9. The Morgan fingerprint density at radius 3 is 2.47 bits per heavy atom. The van der Waals surface area contributed by atoms with Gasteiger partial charge in [0.2, 0.25) is 0 Å². The molecule has 1 aromatic rings. The molecule has 0 aliphatic carbocycles. The second-order valence-electron chi connectivity index (χ2n) is 4.77. The molecule has 2 N–H and O–H groups in total. The van der Waals surface area contributed by atoms with E-state index in [0.29, 0.717) is 25.3 Å². The van der Waals surface area contributed by atoms with Crippen molar-refractivity contribution < 1.29 is 9.53 Å². The summed E-state index contributed by atoms with van der Waals surface area (Å²) in [5, 5.41) is 0. The summed E-state index contributed by atoms with van der Waals surface area (Å²) < 4.78 is 5.33. The minimum Gasteiger partial charge on any atom is -0.494 e. The summed E-state index contributed by atoms with van der Waals surface area (Å²) in [5.41, 5.74) is 6.34. The summed E-state index contributed by atoms with van der Waals surface area (Å²) in [6, 6.07) is 7.22. The molecule has 0 spiro atoms. The standard InChI is InChI=1S/C13H18N2O2/c1-3-17-11-6-4-10(5-7-11)12(16)15-8-13(2,14)9-15/h4-7H,3,8-9,14H2,1-2H3. The highest BCUT2D eigenvalue weighted by molar-refractivity contribution is 5.95. The third kappa shape index (κ3) is 2.58. The number of nitrogens with zero attached hydrogens (tertiary/aromatic N) is 1. The highest BCUT2D eigenvalue weighted by Gasteiger charge is 2.37. The van der Waals surface area contributed by atoms with Gasteiger partial charge in [-0.05, 0) is 38.1 Å². The number of carbonyl (C=O) groups excluding carboxylic acids is 1. The average molecular weight is 234 g/mol. The van der Waals surface area contributed by atoms with E-state index in [1.807, 2.05) is 26.0 Å². The van der Waals surface area contributed by atoms with Gasteiger partial charge in [-0.25, -0.2) is 0 Å². The van der Waals surface area contributed by atoms with Crippen LogP contribution in [-0.4, -0.2) is 36.0 Å². The van der Waals surface area contributed by atoms with E-state index in [9.17, 15) is 4.79 Å². The van der Waals surface area contributed by atoms with E-state index in [-0.39, 0.29) is 11.4 Å². The molecular formula is C13H18N2O2. The number of nitrogens with two attached hydrogens (primary N) is 1. The van der Waals surface area contributed by atoms with Gasteiger partial charge in [0, 0.05) is 24.2 Å². The van der Waals surface area contributed by atoms with E-state index in [4.69, 9.17) is 10.5 Å². The molecule has 17 heavy (non-hydrogen) atoms. The first-order chi connectivity index (χ1) is 8.02. The van der Waals surface area contributed by atoms with Gasteiger partial charge >= 0.3 is 0 Å². The van der Waals surface area contributed by atoms with E-state index in [2.05, 4.69) is 0 Å². The fourth-order valence-corrected chi connectivity index (χ4v) is 2.01. The molecule has 4 heteroatoms. The third-order valence-electron chi connectivity index (χ3n) is 2.80. The maximum absolute atomic E-state index is 12.0. The van der Waals surface area contributed by atoms with Gasteiger partial charge in [-0.3, -0.25) is 4.79 Å². The highest BCUT2D eigenvalue weighted by Crippen LogP contribution is 2.21. The predicted molar refractivity (Wildman–Crippen MR) is 66.1 cm³/mol. The zero-order valence-corrected chi connectivity index (χ0v) is 10.3. The van der Waals surface area contributed by atoms with Crippen LogP contribution in [0, 0.1) is 0 Å². The molecule has 0 radical (unpaired) electrons. The second kappa shape index (κ2) is 4.37. The lowest BCUT2D eigenvalue weighted by Crippen LogP contribution is -2.66. The second-order valence-corrected chi connectivity index (χ2v) is 4.77. The zero-order chi connectivity index (χ0) is 12.5. The fraction of sp³-hybridized carbons (Fsp3) is 0.462. The Labute approximate surface area is 101 Å². The quantitative estimate of drug-likeness (QED) is 0.856. The third-order valence-corrected chi connectivity index (χ3v) is 2.80. The zero-order valence-electron chi connectivity index (χ0n) is 10.3. The van der Waals surface area contributed by atoms with Gasteiger partial charge in [0.15, 0.2) is 0 Å². The largest absolute Gasteiger partial charge is 0.494 e. The SMILES string of the molecule is CCOc1ccc(C(=O)N2CC(C)(N)C2)cc1. The molecule has 1 amide bonds. The van der Waals surface area contributed by atoms with Crippen molar-refractivity contribution in [3.05, 3.63) is 29.8 Å². The Morgan fingerprint density at radius 2 is 2.00 bits per heavy atom. The summed E-state index contributed by atoms with van der Waals surface area (Å²) in [6.07, 6.45) is 0. The fourth-order valence-electron chi connectivity index (χ4n) is 2.01. The predicted octanol–water partition coefficient (Wildman–Crippen LogP) is 1.26. The highest BCUT2D eigenvalue weighted by atomic mass is 16.5. The molecule has 1 heterocycles. The van der Waals surface area contributed by atoms with Crippen LogP contribution in [0.25, 0.3) is 0 Å². The first-order valence-electron chi connectivity index (χ1n) is 5.83. The van der Waals surface area contributed by atoms with Gasteiger partial charge in [0.25, 0.3) is 5.91 Å². The average Bonchev–Trinajstić information content (AvgIpc) is 2.26. The van der Waals surface area contributed by atoms with Crippen LogP contribution in [0.5, 0.6) is 5.75 Å². The Bertz CT molecular complexity index is 404. The maximum atomic E-state index is 12.0. The molecule has 1 fully saturated rings. The lowest BCUT2D eigenvalue weighted by atomic mass is 9.93. The number of amides is 1. The lowest BCUT2D eigenvalue weighted by Gasteiger charge is -2.45. The van der Waals surface area contributed by atoms with Gasteiger partial charge in [-0.1, -0.05) is 0 Å². The topological polar surface area (TPSA) is 55.6 Å². The number of ether oxygens (including phenoxy) is 1. The molecule has 0 unspecified atom stereocenters. The molecule has 2 rings (SSSR count). The van der Waals surface area contributed by atoms with Crippen LogP contribution in [0.15, 0.2) is 24.3 Å². The van der Waals surface area contributed by atoms with Crippen molar-refractivity contribution in [1.29, 1.82) is 0 Å². The maximum Gasteiger partial charge on any atom is 0.253 e. The normalized spacial score (nSPS) is 17.5. The summed E-state index contributed by atoms with van der Waals surface area (Å²) in [4.78, 5) is 13.8. The van der Waals surface area contributed by atoms with E-state index in [0.717, 1.165) is 5.75 Å². The van der Waals surface area contributed by atoms with Crippen LogP contribution in [-0.2, 0) is 0 Å². The number of hydrogen-bond acceptors (Lipinski definition) is 3. The number of likely N-dealkylation sites (tertiary alicyclic amines) is 1. The molecule has 1 saturated heterocycles. The minimum absolute atomic E-state index is 0.0379. The molecule has 0 saturated carbocycles. The van der Waals surface area contributed by atoms with Crippen LogP contribution in [0.1, 0.15) is 24.2 Å². The lowest BCUT2D eigenvalue weighted by molar-refractivity contribution is 0.0454. The van der Waals surface area contributed by atoms with Crippen LogP contribution < -0.4 is 10.5 Å². The Morgan fingerprint density at radius 1 is 1.41 bits per heavy atom. The Kier molecular flexibility index (Phi) is 3.07. The molecule has 1 aromatic carbocycles. The first-order valence-corrected chi connectivity index (χ1v) is 5.83. The van der Waals surface area contributed by atoms with Crippen molar-refractivity contribution in [2.45, 2.75) is 19.4 Å². The molecule has 0 atom stereocenters. The number of carbonyl (C=O) groups is 1. The molecule has 4 nitrogen and oxygen atoms in total. The van der Waals surface area contributed by atoms with Crippen molar-refractivity contribution in [1.82, 2.24) is 4.90 Å². The van der Waals surface area contributed by atoms with Gasteiger partial charge in [0.05, 0.1) is 6.61 Å². The minimum atomic E-state index is -0.221. The molecule has 92 valence electrons. The Hall–Kier alpha value is -1.55. The van der Waals surface area contributed by atoms with E-state index in [1.54, 1.807) is 17.0 Å². The van der Waals surface area contributed by atoms with Gasteiger partial charge < -0.3 is 15.4 Å². The number of rotatable bonds is 3. The molecule has 0 aromatic heterocycles. The van der Waals surface area contributed by atoms with Crippen molar-refractivity contribution in [3.8, 4) is 5.75 Å². The van der Waals surface area contributed by atoms with Crippen LogP contribution in [0.2, 0.25) is 0 Å². The van der Waals surface area contributed by atoms with Gasteiger partial charge in [-0.15, -0.1) is 0 Å². The molecule has 1 aliphatic heterocycles. The smallest absolute Gasteiger partial charge is 0.253 e. The molecular weight excluding hydrogens is 216 g/mol. The number of benzene rings is 1. The van der Waals surface area contributed by atoms with Crippen molar-refractivity contribution in [3.63, 3.8) is 0 Å². The molecule has 0 bridgehead atoms. The molecule has 1 aliphatic rings. The number of hydrogen-bond donors (Lipinski definition) is 1. The van der Waals surface area contributed by atoms with E-state index >= 15 is 0 Å². The Balaban J connectivity index is 2.00. The van der Waals surface area contributed by atoms with Crippen LogP contribution >= 0.6 is 0 Å².